The van der Waals surface area contributed by atoms with Crippen LogP contribution in [0.2, 0.25) is 0 Å². The van der Waals surface area contributed by atoms with Gasteiger partial charge in [0.05, 0.1) is 12.0 Å². The second-order valence-corrected chi connectivity index (χ2v) is 6.63. The number of alkyl carbamates (subject to hydrolysis) is 1. The summed E-state index contributed by atoms with van der Waals surface area (Å²) in [6, 6.07) is -0.945. The number of nitrogens with zero attached hydrogens (tertiary/aromatic N) is 1. The smallest absolute Gasteiger partial charge is 0.408 e. The van der Waals surface area contributed by atoms with Gasteiger partial charge in [-0.15, -0.1) is 0 Å². The molecule has 0 aromatic rings. The minimum absolute atomic E-state index is 0.131. The Morgan fingerprint density at radius 2 is 1.70 bits per heavy atom. The minimum Gasteiger partial charge on any atom is -0.444 e. The number of carbonyl (C=O) groups excluding carboxylic acids is 3. The van der Waals surface area contributed by atoms with Crippen molar-refractivity contribution in [2.75, 3.05) is 0 Å². The summed E-state index contributed by atoms with van der Waals surface area (Å²) in [6.07, 6.45) is -0.866. The fourth-order valence-corrected chi connectivity index (χ4v) is 1.54. The van der Waals surface area contributed by atoms with E-state index in [-0.39, 0.29) is 6.42 Å². The Balaban J connectivity index is 2.65. The molecule has 1 N–H and O–H groups in total. The standard InChI is InChI=1S/C13H22N2O5/c1-12(2,3)19-11(18)14-8-7-9(16)15(10(8)17)20-13(4,5)6/h8H,7H2,1-6H3,(H,14,18)/t8-/m0/s1. The Morgan fingerprint density at radius 1 is 1.15 bits per heavy atom. The lowest BCUT2D eigenvalue weighted by Crippen LogP contribution is -2.45. The number of amides is 3. The van der Waals surface area contributed by atoms with Gasteiger partial charge in [-0.2, -0.15) is 5.06 Å². The molecule has 3 amide bonds. The third kappa shape index (κ3) is 4.80. The number of rotatable bonds is 2. The maximum atomic E-state index is 12.0. The highest BCUT2D eigenvalue weighted by atomic mass is 16.7. The van der Waals surface area contributed by atoms with Crippen molar-refractivity contribution in [2.45, 2.75) is 65.2 Å². The van der Waals surface area contributed by atoms with Gasteiger partial charge in [0.1, 0.15) is 11.6 Å². The summed E-state index contributed by atoms with van der Waals surface area (Å²) in [5.41, 5.74) is -1.34. The lowest BCUT2D eigenvalue weighted by atomic mass is 10.2. The number of imide groups is 1. The van der Waals surface area contributed by atoms with Crippen LogP contribution in [0.5, 0.6) is 0 Å². The van der Waals surface area contributed by atoms with Crippen LogP contribution in [0.25, 0.3) is 0 Å². The van der Waals surface area contributed by atoms with Gasteiger partial charge in [0.2, 0.25) is 0 Å². The normalized spacial score (nSPS) is 20.3. The molecule has 1 fully saturated rings. The molecule has 7 nitrogen and oxygen atoms in total. The number of hydrogen-bond acceptors (Lipinski definition) is 5. The van der Waals surface area contributed by atoms with Crippen molar-refractivity contribution in [3.8, 4) is 0 Å². The van der Waals surface area contributed by atoms with Crippen LogP contribution >= 0.6 is 0 Å². The highest BCUT2D eigenvalue weighted by Gasteiger charge is 2.43. The average Bonchev–Trinajstić information content (AvgIpc) is 2.41. The second-order valence-electron chi connectivity index (χ2n) is 6.63. The summed E-state index contributed by atoms with van der Waals surface area (Å²) in [5, 5.41) is 3.09. The van der Waals surface area contributed by atoms with Gasteiger partial charge in [0.15, 0.2) is 0 Å². The van der Waals surface area contributed by atoms with Gasteiger partial charge in [0.25, 0.3) is 11.8 Å². The van der Waals surface area contributed by atoms with E-state index in [1.54, 1.807) is 41.5 Å². The predicted molar refractivity (Wildman–Crippen MR) is 70.5 cm³/mol. The Bertz CT molecular complexity index is 419. The van der Waals surface area contributed by atoms with Crippen molar-refractivity contribution in [2.24, 2.45) is 0 Å². The Labute approximate surface area is 118 Å². The molecule has 1 atom stereocenters. The van der Waals surface area contributed by atoms with Gasteiger partial charge >= 0.3 is 6.09 Å². The van der Waals surface area contributed by atoms with E-state index in [4.69, 9.17) is 9.57 Å². The second kappa shape index (κ2) is 5.40. The quantitative estimate of drug-likeness (QED) is 0.775. The molecule has 0 unspecified atom stereocenters. The van der Waals surface area contributed by atoms with Crippen molar-refractivity contribution < 1.29 is 24.0 Å². The summed E-state index contributed by atoms with van der Waals surface area (Å²) in [6.45, 7) is 10.3. The molecule has 114 valence electrons. The fourth-order valence-electron chi connectivity index (χ4n) is 1.54. The van der Waals surface area contributed by atoms with Crippen LogP contribution < -0.4 is 5.32 Å². The van der Waals surface area contributed by atoms with E-state index in [1.807, 2.05) is 0 Å². The molecule has 1 heterocycles. The van der Waals surface area contributed by atoms with E-state index in [2.05, 4.69) is 5.32 Å². The van der Waals surface area contributed by atoms with Crippen molar-refractivity contribution in [3.05, 3.63) is 0 Å². The molecule has 1 aliphatic rings. The van der Waals surface area contributed by atoms with Crippen LogP contribution in [0.15, 0.2) is 0 Å². The third-order valence-electron chi connectivity index (χ3n) is 2.16. The van der Waals surface area contributed by atoms with Crippen LogP contribution in [-0.2, 0) is 19.2 Å². The zero-order chi connectivity index (χ0) is 15.7. The maximum Gasteiger partial charge on any atom is 0.408 e. The first-order valence-corrected chi connectivity index (χ1v) is 6.44. The van der Waals surface area contributed by atoms with Gasteiger partial charge in [0, 0.05) is 0 Å². The Morgan fingerprint density at radius 3 is 2.15 bits per heavy atom. The Kier molecular flexibility index (Phi) is 4.43. The summed E-state index contributed by atoms with van der Waals surface area (Å²) in [4.78, 5) is 40.6. The van der Waals surface area contributed by atoms with Crippen LogP contribution in [0, 0.1) is 0 Å². The summed E-state index contributed by atoms with van der Waals surface area (Å²) in [5.74, 6) is -1.07. The van der Waals surface area contributed by atoms with E-state index >= 15 is 0 Å². The number of nitrogens with one attached hydrogen (secondary N) is 1. The molecule has 1 aliphatic heterocycles. The number of carbonyl (C=O) groups is 3. The molecule has 20 heavy (non-hydrogen) atoms. The fraction of sp³-hybridized carbons (Fsp3) is 0.769. The number of hydrogen-bond donors (Lipinski definition) is 1. The SMILES string of the molecule is CC(C)(C)OC(=O)N[C@H]1CC(=O)N(OC(C)(C)C)C1=O. The molecule has 0 bridgehead atoms. The molecular weight excluding hydrogens is 264 g/mol. The van der Waals surface area contributed by atoms with Gasteiger partial charge < -0.3 is 10.1 Å². The lowest BCUT2D eigenvalue weighted by Gasteiger charge is -2.25. The first kappa shape index (κ1) is 16.4. The van der Waals surface area contributed by atoms with Gasteiger partial charge in [-0.3, -0.25) is 14.4 Å². The molecule has 0 spiro atoms. The predicted octanol–water partition coefficient (Wildman–Crippen LogP) is 1.37. The molecule has 0 saturated carbocycles. The van der Waals surface area contributed by atoms with E-state index in [9.17, 15) is 14.4 Å². The molecule has 0 aromatic heterocycles. The molecular formula is C13H22N2O5. The average molecular weight is 286 g/mol. The van der Waals surface area contributed by atoms with E-state index in [0.29, 0.717) is 5.06 Å². The van der Waals surface area contributed by atoms with Crippen LogP contribution in [-0.4, -0.2) is 40.2 Å². The highest BCUT2D eigenvalue weighted by Crippen LogP contribution is 2.19. The first-order chi connectivity index (χ1) is 8.89. The minimum atomic E-state index is -0.945. The van der Waals surface area contributed by atoms with E-state index < -0.39 is 35.2 Å². The van der Waals surface area contributed by atoms with Gasteiger partial charge in [-0.05, 0) is 41.5 Å². The van der Waals surface area contributed by atoms with Crippen LogP contribution in [0.4, 0.5) is 4.79 Å². The molecule has 7 heteroatoms. The number of hydroxylamine groups is 2. The topological polar surface area (TPSA) is 84.9 Å². The Hall–Kier alpha value is -1.63. The zero-order valence-corrected chi connectivity index (χ0v) is 12.8. The van der Waals surface area contributed by atoms with Crippen LogP contribution in [0.3, 0.4) is 0 Å². The van der Waals surface area contributed by atoms with Crippen molar-refractivity contribution in [1.82, 2.24) is 10.4 Å². The molecule has 0 aliphatic carbocycles. The molecule has 0 aromatic carbocycles. The van der Waals surface area contributed by atoms with Crippen LogP contribution in [0.1, 0.15) is 48.0 Å². The monoisotopic (exact) mass is 286 g/mol. The molecule has 0 radical (unpaired) electrons. The van der Waals surface area contributed by atoms with Crippen molar-refractivity contribution in [3.63, 3.8) is 0 Å². The van der Waals surface area contributed by atoms with E-state index in [0.717, 1.165) is 0 Å². The maximum absolute atomic E-state index is 12.0. The third-order valence-corrected chi connectivity index (χ3v) is 2.16. The molecule has 1 rings (SSSR count). The molecule has 1 saturated heterocycles. The van der Waals surface area contributed by atoms with E-state index in [1.165, 1.54) is 0 Å². The zero-order valence-electron chi connectivity index (χ0n) is 12.8. The summed E-state index contributed by atoms with van der Waals surface area (Å²) < 4.78 is 5.05. The van der Waals surface area contributed by atoms with Gasteiger partial charge in [-0.1, -0.05) is 0 Å². The summed E-state index contributed by atoms with van der Waals surface area (Å²) >= 11 is 0. The highest BCUT2D eigenvalue weighted by molar-refractivity contribution is 6.05. The van der Waals surface area contributed by atoms with Crippen molar-refractivity contribution >= 4 is 17.9 Å². The first-order valence-electron chi connectivity index (χ1n) is 6.44. The van der Waals surface area contributed by atoms with Crippen molar-refractivity contribution in [1.29, 1.82) is 0 Å². The lowest BCUT2D eigenvalue weighted by molar-refractivity contribution is -0.219. The largest absolute Gasteiger partial charge is 0.444 e. The van der Waals surface area contributed by atoms with Gasteiger partial charge in [-0.25, -0.2) is 4.79 Å². The number of ether oxygens (including phenoxy) is 1. The summed E-state index contributed by atoms with van der Waals surface area (Å²) in [7, 11) is 0.